The minimum atomic E-state index is 0.504. The minimum Gasteiger partial charge on any atom is -0.383 e. The van der Waals surface area contributed by atoms with Crippen molar-refractivity contribution in [3.63, 3.8) is 0 Å². The normalized spacial score (nSPS) is 10.6. The van der Waals surface area contributed by atoms with E-state index in [1.807, 2.05) is 20.2 Å². The van der Waals surface area contributed by atoms with Crippen LogP contribution in [0.2, 0.25) is 0 Å². The van der Waals surface area contributed by atoms with E-state index in [0.29, 0.717) is 11.6 Å². The summed E-state index contributed by atoms with van der Waals surface area (Å²) in [7, 11) is 1.87. The fourth-order valence-electron chi connectivity index (χ4n) is 1.33. The van der Waals surface area contributed by atoms with Crippen molar-refractivity contribution in [2.45, 2.75) is 6.92 Å². The molecule has 0 aliphatic carbocycles. The van der Waals surface area contributed by atoms with Gasteiger partial charge in [0.1, 0.15) is 5.82 Å². The first kappa shape index (κ1) is 10.3. The number of aryl methyl sites for hydroxylation is 2. The van der Waals surface area contributed by atoms with E-state index in [1.54, 1.807) is 10.9 Å². The molecule has 0 radical (unpaired) electrons. The average molecular weight is 315 g/mol. The number of aromatic nitrogens is 4. The van der Waals surface area contributed by atoms with Crippen molar-refractivity contribution in [2.24, 2.45) is 7.05 Å². The quantitative estimate of drug-likeness (QED) is 0.807. The van der Waals surface area contributed by atoms with Gasteiger partial charge in [-0.15, -0.1) is 0 Å². The number of hydrogen-bond acceptors (Lipinski definition) is 4. The van der Waals surface area contributed by atoms with Crippen LogP contribution in [0.15, 0.2) is 12.4 Å². The SMILES string of the molecule is Cc1nn(C)cc1-c1ncc(I)c(N)n1. The van der Waals surface area contributed by atoms with Crippen LogP contribution in [-0.2, 0) is 7.05 Å². The molecule has 0 unspecified atom stereocenters. The van der Waals surface area contributed by atoms with Crippen LogP contribution in [0.25, 0.3) is 11.4 Å². The van der Waals surface area contributed by atoms with E-state index < -0.39 is 0 Å². The van der Waals surface area contributed by atoms with Crippen LogP contribution in [0, 0.1) is 10.5 Å². The summed E-state index contributed by atoms with van der Waals surface area (Å²) < 4.78 is 2.60. The average Bonchev–Trinajstić information content (AvgIpc) is 2.50. The maximum atomic E-state index is 5.73. The Hall–Kier alpha value is -1.18. The Morgan fingerprint density at radius 2 is 2.20 bits per heavy atom. The molecule has 0 amide bonds. The van der Waals surface area contributed by atoms with Gasteiger partial charge in [0, 0.05) is 19.4 Å². The van der Waals surface area contributed by atoms with Gasteiger partial charge >= 0.3 is 0 Å². The maximum Gasteiger partial charge on any atom is 0.165 e. The van der Waals surface area contributed by atoms with Gasteiger partial charge in [-0.25, -0.2) is 9.97 Å². The third-order valence-electron chi connectivity index (χ3n) is 2.03. The molecule has 15 heavy (non-hydrogen) atoms. The standard InChI is InChI=1S/C9H10IN5/c1-5-6(4-15(2)14-5)9-12-3-7(10)8(11)13-9/h3-4H,1-2H3,(H2,11,12,13). The van der Waals surface area contributed by atoms with Gasteiger partial charge in [0.15, 0.2) is 5.82 Å². The molecule has 5 nitrogen and oxygen atoms in total. The van der Waals surface area contributed by atoms with Crippen molar-refractivity contribution in [1.29, 1.82) is 0 Å². The lowest BCUT2D eigenvalue weighted by Crippen LogP contribution is -1.98. The zero-order valence-corrected chi connectivity index (χ0v) is 10.6. The van der Waals surface area contributed by atoms with Gasteiger partial charge in [0.25, 0.3) is 0 Å². The van der Waals surface area contributed by atoms with Gasteiger partial charge in [-0.05, 0) is 29.5 Å². The number of nitrogen functional groups attached to an aromatic ring is 1. The Morgan fingerprint density at radius 3 is 2.73 bits per heavy atom. The molecule has 2 N–H and O–H groups in total. The predicted molar refractivity (Wildman–Crippen MR) is 66.1 cm³/mol. The first-order valence-corrected chi connectivity index (χ1v) is 5.44. The second-order valence-electron chi connectivity index (χ2n) is 3.23. The van der Waals surface area contributed by atoms with Crippen LogP contribution in [0.1, 0.15) is 5.69 Å². The molecule has 0 aliphatic heterocycles. The van der Waals surface area contributed by atoms with Crippen molar-refractivity contribution in [1.82, 2.24) is 19.7 Å². The topological polar surface area (TPSA) is 69.6 Å². The van der Waals surface area contributed by atoms with Crippen LogP contribution in [0.4, 0.5) is 5.82 Å². The van der Waals surface area contributed by atoms with E-state index in [2.05, 4.69) is 37.7 Å². The van der Waals surface area contributed by atoms with Gasteiger partial charge in [-0.2, -0.15) is 5.10 Å². The minimum absolute atomic E-state index is 0.504. The molecule has 0 aliphatic rings. The molecule has 0 bridgehead atoms. The fourth-order valence-corrected chi connectivity index (χ4v) is 1.59. The Balaban J connectivity index is 2.54. The highest BCUT2D eigenvalue weighted by atomic mass is 127. The molecular weight excluding hydrogens is 305 g/mol. The summed E-state index contributed by atoms with van der Waals surface area (Å²) in [6.07, 6.45) is 3.60. The lowest BCUT2D eigenvalue weighted by Gasteiger charge is -2.00. The third kappa shape index (κ3) is 1.94. The molecular formula is C9H10IN5. The number of nitrogens with zero attached hydrogens (tertiary/aromatic N) is 4. The van der Waals surface area contributed by atoms with E-state index in [0.717, 1.165) is 14.8 Å². The number of halogens is 1. The fraction of sp³-hybridized carbons (Fsp3) is 0.222. The Morgan fingerprint density at radius 1 is 1.47 bits per heavy atom. The molecule has 0 saturated carbocycles. The summed E-state index contributed by atoms with van der Waals surface area (Å²) in [4.78, 5) is 8.45. The van der Waals surface area contributed by atoms with Crippen LogP contribution in [-0.4, -0.2) is 19.7 Å². The van der Waals surface area contributed by atoms with Crippen molar-refractivity contribution in [3.05, 3.63) is 21.7 Å². The van der Waals surface area contributed by atoms with E-state index in [4.69, 9.17) is 5.73 Å². The molecule has 0 saturated heterocycles. The molecule has 2 rings (SSSR count). The first-order chi connectivity index (χ1) is 7.08. The highest BCUT2D eigenvalue weighted by Crippen LogP contribution is 2.20. The van der Waals surface area contributed by atoms with E-state index >= 15 is 0 Å². The number of rotatable bonds is 1. The summed E-state index contributed by atoms with van der Waals surface area (Å²) in [5, 5.41) is 4.23. The van der Waals surface area contributed by atoms with E-state index in [1.165, 1.54) is 0 Å². The summed E-state index contributed by atoms with van der Waals surface area (Å²) in [6, 6.07) is 0. The summed E-state index contributed by atoms with van der Waals surface area (Å²) in [6.45, 7) is 1.92. The molecule has 2 aromatic rings. The smallest absolute Gasteiger partial charge is 0.165 e. The highest BCUT2D eigenvalue weighted by molar-refractivity contribution is 14.1. The number of nitrogens with two attached hydrogens (primary N) is 1. The van der Waals surface area contributed by atoms with E-state index in [-0.39, 0.29) is 0 Å². The van der Waals surface area contributed by atoms with Crippen molar-refractivity contribution < 1.29 is 0 Å². The van der Waals surface area contributed by atoms with Gasteiger partial charge in [0.05, 0.1) is 14.8 Å². The second-order valence-corrected chi connectivity index (χ2v) is 4.39. The monoisotopic (exact) mass is 315 g/mol. The molecule has 0 spiro atoms. The van der Waals surface area contributed by atoms with Gasteiger partial charge < -0.3 is 5.73 Å². The van der Waals surface area contributed by atoms with E-state index in [9.17, 15) is 0 Å². The van der Waals surface area contributed by atoms with Crippen molar-refractivity contribution >= 4 is 28.4 Å². The zero-order chi connectivity index (χ0) is 11.0. The highest BCUT2D eigenvalue weighted by Gasteiger charge is 2.10. The molecule has 6 heteroatoms. The van der Waals surface area contributed by atoms with Gasteiger partial charge in [-0.1, -0.05) is 0 Å². The lowest BCUT2D eigenvalue weighted by molar-refractivity contribution is 0.756. The lowest BCUT2D eigenvalue weighted by atomic mass is 10.2. The van der Waals surface area contributed by atoms with Crippen LogP contribution < -0.4 is 5.73 Å². The molecule has 0 atom stereocenters. The Bertz CT molecular complexity index is 505. The molecule has 78 valence electrons. The van der Waals surface area contributed by atoms with Crippen LogP contribution in [0.3, 0.4) is 0 Å². The summed E-state index contributed by atoms with van der Waals surface area (Å²) >= 11 is 2.10. The summed E-state index contributed by atoms with van der Waals surface area (Å²) in [5.74, 6) is 1.13. The Kier molecular flexibility index (Phi) is 2.59. The van der Waals surface area contributed by atoms with Gasteiger partial charge in [0.2, 0.25) is 0 Å². The van der Waals surface area contributed by atoms with Gasteiger partial charge in [-0.3, -0.25) is 4.68 Å². The molecule has 0 fully saturated rings. The van der Waals surface area contributed by atoms with Crippen molar-refractivity contribution in [2.75, 3.05) is 5.73 Å². The molecule has 0 aromatic carbocycles. The third-order valence-corrected chi connectivity index (χ3v) is 2.86. The Labute approximate surface area is 101 Å². The van der Waals surface area contributed by atoms with Crippen LogP contribution in [0.5, 0.6) is 0 Å². The molecule has 2 heterocycles. The first-order valence-electron chi connectivity index (χ1n) is 4.36. The predicted octanol–water partition coefficient (Wildman–Crippen LogP) is 1.37. The summed E-state index contributed by atoms with van der Waals surface area (Å²) in [5.41, 5.74) is 7.55. The number of hydrogen-bond donors (Lipinski definition) is 1. The number of anilines is 1. The largest absolute Gasteiger partial charge is 0.383 e. The molecule has 2 aromatic heterocycles. The van der Waals surface area contributed by atoms with Crippen LogP contribution >= 0.6 is 22.6 Å². The maximum absolute atomic E-state index is 5.73. The van der Waals surface area contributed by atoms with Crippen molar-refractivity contribution in [3.8, 4) is 11.4 Å². The zero-order valence-electron chi connectivity index (χ0n) is 8.40. The second kappa shape index (κ2) is 3.76.